The van der Waals surface area contributed by atoms with Crippen LogP contribution in [0, 0.1) is 6.92 Å². The van der Waals surface area contributed by atoms with Gasteiger partial charge in [0.15, 0.2) is 0 Å². The molecule has 0 aliphatic rings. The van der Waals surface area contributed by atoms with E-state index in [0.29, 0.717) is 0 Å². The van der Waals surface area contributed by atoms with Crippen molar-refractivity contribution in [3.8, 4) is 0 Å². The van der Waals surface area contributed by atoms with Gasteiger partial charge in [0.25, 0.3) is 5.92 Å². The lowest BCUT2D eigenvalue weighted by molar-refractivity contribution is -0.000786. The third-order valence-electron chi connectivity index (χ3n) is 1.92. The Bertz CT molecular complexity index is 345. The largest absolute Gasteiger partial charge is 0.278 e. The number of allylic oxidation sites excluding steroid dienone is 1. The van der Waals surface area contributed by atoms with Crippen molar-refractivity contribution in [1.82, 2.24) is 0 Å². The van der Waals surface area contributed by atoms with Crippen molar-refractivity contribution in [2.75, 3.05) is 0 Å². The first-order valence-electron chi connectivity index (χ1n) is 4.23. The molecule has 0 radical (unpaired) electrons. The molecular weight excluding hydrogens is 206 g/mol. The van der Waals surface area contributed by atoms with Crippen molar-refractivity contribution in [1.29, 1.82) is 0 Å². The third kappa shape index (κ3) is 2.32. The molecule has 0 nitrogen and oxygen atoms in total. The molecule has 0 fully saturated rings. The van der Waals surface area contributed by atoms with E-state index in [1.807, 2.05) is 0 Å². The smallest absolute Gasteiger partial charge is 0.201 e. The van der Waals surface area contributed by atoms with Crippen LogP contribution in [-0.4, -0.2) is 0 Å². The van der Waals surface area contributed by atoms with Crippen LogP contribution in [-0.2, 0) is 5.92 Å². The second-order valence-electron chi connectivity index (χ2n) is 3.18. The summed E-state index contributed by atoms with van der Waals surface area (Å²) in [4.78, 5) is 0. The third-order valence-corrected chi connectivity index (χ3v) is 2.25. The van der Waals surface area contributed by atoms with Crippen LogP contribution in [0.25, 0.3) is 0 Å². The van der Waals surface area contributed by atoms with Gasteiger partial charge in [-0.05, 0) is 19.1 Å². The van der Waals surface area contributed by atoms with E-state index in [2.05, 4.69) is 6.58 Å². The molecule has 0 saturated carbocycles. The molecule has 0 unspecified atom stereocenters. The molecule has 0 bridgehead atoms. The first kappa shape index (κ1) is 11.2. The molecule has 3 heteroatoms. The van der Waals surface area contributed by atoms with E-state index in [0.717, 1.165) is 5.56 Å². The fourth-order valence-corrected chi connectivity index (χ4v) is 1.47. The minimum Gasteiger partial charge on any atom is -0.201 e. The summed E-state index contributed by atoms with van der Waals surface area (Å²) in [5.74, 6) is -2.93. The van der Waals surface area contributed by atoms with Crippen LogP contribution in [0.4, 0.5) is 8.78 Å². The van der Waals surface area contributed by atoms with Gasteiger partial charge in [-0.3, -0.25) is 0 Å². The molecule has 0 aliphatic heterocycles. The number of aryl methyl sites for hydroxylation is 1. The van der Waals surface area contributed by atoms with Crippen molar-refractivity contribution in [3.63, 3.8) is 0 Å². The Morgan fingerprint density at radius 3 is 2.71 bits per heavy atom. The van der Waals surface area contributed by atoms with Gasteiger partial charge in [-0.1, -0.05) is 29.3 Å². The lowest BCUT2D eigenvalue weighted by atomic mass is 10.0. The maximum Gasteiger partial charge on any atom is 0.278 e. The Hall–Kier alpha value is -0.890. The van der Waals surface area contributed by atoms with E-state index in [-0.39, 0.29) is 10.6 Å². The quantitative estimate of drug-likeness (QED) is 0.661. The summed E-state index contributed by atoms with van der Waals surface area (Å²) in [5.41, 5.74) is 0.646. The average molecular weight is 217 g/mol. The van der Waals surface area contributed by atoms with E-state index in [1.54, 1.807) is 13.0 Å². The van der Waals surface area contributed by atoms with Gasteiger partial charge >= 0.3 is 0 Å². The fourth-order valence-electron chi connectivity index (χ4n) is 1.21. The van der Waals surface area contributed by atoms with Gasteiger partial charge in [-0.25, -0.2) is 8.78 Å². The molecule has 0 spiro atoms. The van der Waals surface area contributed by atoms with Crippen molar-refractivity contribution < 1.29 is 8.78 Å². The molecule has 0 saturated heterocycles. The Kier molecular flexibility index (Phi) is 3.27. The highest BCUT2D eigenvalue weighted by Crippen LogP contribution is 2.36. The van der Waals surface area contributed by atoms with Crippen LogP contribution >= 0.6 is 11.6 Å². The Balaban J connectivity index is 3.16. The monoisotopic (exact) mass is 216 g/mol. The number of hydrogen-bond acceptors (Lipinski definition) is 0. The van der Waals surface area contributed by atoms with Crippen molar-refractivity contribution in [3.05, 3.63) is 47.0 Å². The van der Waals surface area contributed by atoms with E-state index in [9.17, 15) is 8.78 Å². The summed E-state index contributed by atoms with van der Waals surface area (Å²) in [7, 11) is 0. The van der Waals surface area contributed by atoms with Crippen molar-refractivity contribution in [2.45, 2.75) is 19.3 Å². The molecule has 0 aliphatic carbocycles. The number of hydrogen-bond donors (Lipinski definition) is 0. The molecule has 76 valence electrons. The van der Waals surface area contributed by atoms with Gasteiger partial charge in [0.2, 0.25) is 0 Å². The Morgan fingerprint density at radius 2 is 2.14 bits per heavy atom. The van der Waals surface area contributed by atoms with Gasteiger partial charge in [0.1, 0.15) is 0 Å². The summed E-state index contributed by atoms with van der Waals surface area (Å²) in [6.07, 6.45) is 0.800. The molecule has 1 aromatic rings. The maximum absolute atomic E-state index is 13.4. The zero-order valence-electron chi connectivity index (χ0n) is 7.86. The molecule has 1 rings (SSSR count). The minimum absolute atomic E-state index is 0.0995. The van der Waals surface area contributed by atoms with Crippen LogP contribution in [0.5, 0.6) is 0 Å². The van der Waals surface area contributed by atoms with Crippen LogP contribution in [0.1, 0.15) is 17.5 Å². The van der Waals surface area contributed by atoms with Gasteiger partial charge < -0.3 is 0 Å². The molecule has 1 aromatic carbocycles. The molecule has 0 atom stereocenters. The van der Waals surface area contributed by atoms with Crippen LogP contribution in [0.15, 0.2) is 30.9 Å². The second kappa shape index (κ2) is 4.09. The number of rotatable bonds is 3. The van der Waals surface area contributed by atoms with E-state index >= 15 is 0 Å². The summed E-state index contributed by atoms with van der Waals surface area (Å²) in [5, 5.41) is 0.0995. The first-order valence-corrected chi connectivity index (χ1v) is 4.60. The zero-order chi connectivity index (χ0) is 10.8. The summed E-state index contributed by atoms with van der Waals surface area (Å²) in [6, 6.07) is 4.60. The molecule has 0 N–H and O–H groups in total. The number of halogens is 3. The lowest BCUT2D eigenvalue weighted by Gasteiger charge is -2.16. The maximum atomic E-state index is 13.4. The normalized spacial score (nSPS) is 11.4. The Morgan fingerprint density at radius 1 is 1.50 bits per heavy atom. The summed E-state index contributed by atoms with van der Waals surface area (Å²) < 4.78 is 26.9. The minimum atomic E-state index is -2.93. The first-order chi connectivity index (χ1) is 6.47. The van der Waals surface area contributed by atoms with Gasteiger partial charge in [-0.2, -0.15) is 0 Å². The summed E-state index contributed by atoms with van der Waals surface area (Å²) >= 11 is 5.70. The van der Waals surface area contributed by atoms with E-state index in [1.165, 1.54) is 18.2 Å². The van der Waals surface area contributed by atoms with Gasteiger partial charge in [0, 0.05) is 17.0 Å². The molecular formula is C11H11ClF2. The number of benzene rings is 1. The predicted molar refractivity (Wildman–Crippen MR) is 54.9 cm³/mol. The SMILES string of the molecule is C=CCC(F)(F)c1cc(C)ccc1Cl. The molecule has 14 heavy (non-hydrogen) atoms. The highest BCUT2D eigenvalue weighted by atomic mass is 35.5. The second-order valence-corrected chi connectivity index (χ2v) is 3.59. The molecule has 0 aromatic heterocycles. The standard InChI is InChI=1S/C11H11ClF2/c1-3-6-11(13,14)9-7-8(2)4-5-10(9)12/h3-5,7H,1,6H2,2H3. The molecule has 0 heterocycles. The number of alkyl halides is 2. The van der Waals surface area contributed by atoms with Crippen LogP contribution in [0.3, 0.4) is 0 Å². The highest BCUT2D eigenvalue weighted by molar-refractivity contribution is 6.31. The molecule has 0 amide bonds. The lowest BCUT2D eigenvalue weighted by Crippen LogP contribution is -2.12. The van der Waals surface area contributed by atoms with Gasteiger partial charge in [-0.15, -0.1) is 6.58 Å². The highest BCUT2D eigenvalue weighted by Gasteiger charge is 2.32. The predicted octanol–water partition coefficient (Wildman–Crippen LogP) is 4.32. The van der Waals surface area contributed by atoms with E-state index in [4.69, 9.17) is 11.6 Å². The average Bonchev–Trinajstić information content (AvgIpc) is 2.09. The fraction of sp³-hybridized carbons (Fsp3) is 0.273. The van der Waals surface area contributed by atoms with E-state index < -0.39 is 12.3 Å². The zero-order valence-corrected chi connectivity index (χ0v) is 8.61. The van der Waals surface area contributed by atoms with Crippen molar-refractivity contribution in [2.24, 2.45) is 0 Å². The Labute approximate surface area is 87.2 Å². The summed E-state index contributed by atoms with van der Waals surface area (Å²) in [6.45, 7) is 5.05. The van der Waals surface area contributed by atoms with Crippen LogP contribution < -0.4 is 0 Å². The van der Waals surface area contributed by atoms with Crippen molar-refractivity contribution >= 4 is 11.6 Å². The van der Waals surface area contributed by atoms with Crippen LogP contribution in [0.2, 0.25) is 5.02 Å². The van der Waals surface area contributed by atoms with Gasteiger partial charge in [0.05, 0.1) is 0 Å². The topological polar surface area (TPSA) is 0 Å².